The van der Waals surface area contributed by atoms with Gasteiger partial charge >= 0.3 is 0 Å². The Bertz CT molecular complexity index is 888. The van der Waals surface area contributed by atoms with E-state index < -0.39 is 0 Å². The second kappa shape index (κ2) is 6.85. The van der Waals surface area contributed by atoms with Crippen LogP contribution >= 0.6 is 11.8 Å². The number of amides is 1. The van der Waals surface area contributed by atoms with E-state index in [1.54, 1.807) is 12.3 Å². The monoisotopic (exact) mass is 354 g/mol. The first kappa shape index (κ1) is 16.1. The van der Waals surface area contributed by atoms with Crippen LogP contribution in [-0.2, 0) is 4.79 Å². The second-order valence-corrected chi connectivity index (χ2v) is 7.08. The topological polar surface area (TPSA) is 89.6 Å². The van der Waals surface area contributed by atoms with E-state index in [1.807, 2.05) is 24.3 Å². The zero-order valence-electron chi connectivity index (χ0n) is 13.6. The van der Waals surface area contributed by atoms with Crippen molar-refractivity contribution in [3.05, 3.63) is 40.9 Å². The number of rotatable bonds is 3. The van der Waals surface area contributed by atoms with Crippen LogP contribution in [0.5, 0.6) is 5.75 Å². The molecule has 4 rings (SSSR count). The first-order valence-electron chi connectivity index (χ1n) is 8.23. The van der Waals surface area contributed by atoms with Gasteiger partial charge in [0, 0.05) is 11.6 Å². The van der Waals surface area contributed by atoms with Gasteiger partial charge in [0.1, 0.15) is 11.9 Å². The fraction of sp³-hybridized carbons (Fsp3) is 0.278. The zero-order valence-corrected chi connectivity index (χ0v) is 14.4. The van der Waals surface area contributed by atoms with Crippen LogP contribution in [0, 0.1) is 0 Å². The van der Waals surface area contributed by atoms with E-state index in [0.717, 1.165) is 48.1 Å². The van der Waals surface area contributed by atoms with Crippen LogP contribution in [-0.4, -0.2) is 35.3 Å². The summed E-state index contributed by atoms with van der Waals surface area (Å²) >= 11 is 1.19. The molecule has 0 aliphatic carbocycles. The number of carbonyl (C=O) groups is 1. The number of ether oxygens (including phenoxy) is 1. The molecule has 3 N–H and O–H groups in total. The Balaban J connectivity index is 1.66. The number of nitrogens with two attached hydrogens (primary N) is 1. The van der Waals surface area contributed by atoms with E-state index in [4.69, 9.17) is 10.5 Å². The number of fused-ring (bicyclic) bond motifs is 1. The third kappa shape index (κ3) is 3.52. The Kier molecular flexibility index (Phi) is 4.42. The Morgan fingerprint density at radius 2 is 2.12 bits per heavy atom. The third-order valence-electron chi connectivity index (χ3n) is 4.24. The van der Waals surface area contributed by atoms with Gasteiger partial charge in [0.05, 0.1) is 10.4 Å². The van der Waals surface area contributed by atoms with Crippen molar-refractivity contribution in [1.82, 2.24) is 10.3 Å². The third-order valence-corrected chi connectivity index (χ3v) is 5.05. The van der Waals surface area contributed by atoms with Crippen LogP contribution in [0.2, 0.25) is 0 Å². The molecule has 0 saturated carbocycles. The molecule has 0 spiro atoms. The largest absolute Gasteiger partial charge is 0.490 e. The predicted molar refractivity (Wildman–Crippen MR) is 100 cm³/mol. The number of hydrogen-bond donors (Lipinski definition) is 2. The fourth-order valence-electron chi connectivity index (χ4n) is 3.00. The van der Waals surface area contributed by atoms with Gasteiger partial charge in [-0.05, 0) is 67.5 Å². The summed E-state index contributed by atoms with van der Waals surface area (Å²) in [6.07, 6.45) is 5.78. The highest BCUT2D eigenvalue weighted by Gasteiger charge is 2.20. The minimum atomic E-state index is -0.292. The zero-order chi connectivity index (χ0) is 17.2. The van der Waals surface area contributed by atoms with Crippen molar-refractivity contribution in [2.75, 3.05) is 13.1 Å². The van der Waals surface area contributed by atoms with Crippen molar-refractivity contribution in [3.8, 4) is 5.75 Å². The van der Waals surface area contributed by atoms with Crippen molar-refractivity contribution >= 4 is 39.8 Å². The Morgan fingerprint density at radius 1 is 1.28 bits per heavy atom. The molecule has 2 aromatic rings. The molecule has 0 unspecified atom stereocenters. The number of hydrogen-bond acceptors (Lipinski definition) is 6. The second-order valence-electron chi connectivity index (χ2n) is 6.02. The molecular weight excluding hydrogens is 336 g/mol. The van der Waals surface area contributed by atoms with E-state index in [9.17, 15) is 4.79 Å². The number of nitrogens with zero attached hydrogens (tertiary/aromatic N) is 2. The van der Waals surface area contributed by atoms with Crippen LogP contribution in [0.15, 0.2) is 40.4 Å². The highest BCUT2D eigenvalue weighted by atomic mass is 32.2. The number of benzene rings is 1. The summed E-state index contributed by atoms with van der Waals surface area (Å²) in [5.74, 6) is 0.540. The first-order valence-corrected chi connectivity index (χ1v) is 9.05. The van der Waals surface area contributed by atoms with Crippen molar-refractivity contribution in [3.63, 3.8) is 0 Å². The maximum Gasteiger partial charge on any atom is 0.286 e. The van der Waals surface area contributed by atoms with Gasteiger partial charge in [0.2, 0.25) is 0 Å². The Morgan fingerprint density at radius 3 is 2.88 bits per heavy atom. The molecule has 25 heavy (non-hydrogen) atoms. The molecule has 3 heterocycles. The summed E-state index contributed by atoms with van der Waals surface area (Å²) in [6.45, 7) is 1.96. The van der Waals surface area contributed by atoms with E-state index in [1.165, 1.54) is 11.8 Å². The Labute approximate surface area is 149 Å². The predicted octanol–water partition coefficient (Wildman–Crippen LogP) is 2.29. The van der Waals surface area contributed by atoms with Crippen LogP contribution in [0.4, 0.5) is 0 Å². The molecule has 0 atom stereocenters. The van der Waals surface area contributed by atoms with E-state index >= 15 is 0 Å². The standard InChI is InChI=1S/C18H18N4O2S/c19-18-22-17(23)16(25-18)10-11-1-2-14-13(9-11)15(5-8-21-14)24-12-3-6-20-7-4-12/h1-2,5,8-10,12,20H,3-4,6-7H2,(H2,19,22,23). The number of piperidine rings is 1. The van der Waals surface area contributed by atoms with Crippen LogP contribution in [0.3, 0.4) is 0 Å². The number of thioether (sulfide) groups is 1. The lowest BCUT2D eigenvalue weighted by Gasteiger charge is -2.24. The summed E-state index contributed by atoms with van der Waals surface area (Å²) in [5.41, 5.74) is 7.37. The van der Waals surface area contributed by atoms with Crippen LogP contribution in [0.25, 0.3) is 17.0 Å². The molecule has 1 aromatic heterocycles. The summed E-state index contributed by atoms with van der Waals surface area (Å²) < 4.78 is 6.22. The van der Waals surface area contributed by atoms with Gasteiger partial charge < -0.3 is 15.8 Å². The van der Waals surface area contributed by atoms with Gasteiger partial charge in [0.15, 0.2) is 5.17 Å². The average molecular weight is 354 g/mol. The molecule has 7 heteroatoms. The lowest BCUT2D eigenvalue weighted by molar-refractivity contribution is -0.113. The van der Waals surface area contributed by atoms with Gasteiger partial charge in [-0.2, -0.15) is 4.99 Å². The first-order chi connectivity index (χ1) is 12.2. The molecule has 1 saturated heterocycles. The smallest absolute Gasteiger partial charge is 0.286 e. The normalized spacial score (nSPS) is 20.2. The van der Waals surface area contributed by atoms with Crippen molar-refractivity contribution in [1.29, 1.82) is 0 Å². The molecule has 0 bridgehead atoms. The van der Waals surface area contributed by atoms with Gasteiger partial charge in [0.25, 0.3) is 5.91 Å². The summed E-state index contributed by atoms with van der Waals surface area (Å²) in [5, 5.41) is 4.57. The SMILES string of the molecule is NC1=NC(=O)C(=Cc2ccc3nccc(OC4CCNCC4)c3c2)S1. The molecule has 1 aromatic carbocycles. The molecular formula is C18H18N4O2S. The molecule has 2 aliphatic rings. The van der Waals surface area contributed by atoms with Crippen LogP contribution < -0.4 is 15.8 Å². The number of carbonyl (C=O) groups excluding carboxylic acids is 1. The van der Waals surface area contributed by atoms with Crippen molar-refractivity contribution < 1.29 is 9.53 Å². The lowest BCUT2D eigenvalue weighted by Crippen LogP contribution is -2.34. The summed E-state index contributed by atoms with van der Waals surface area (Å²) in [6, 6.07) is 7.76. The molecule has 6 nitrogen and oxygen atoms in total. The highest BCUT2D eigenvalue weighted by Crippen LogP contribution is 2.30. The minimum absolute atomic E-state index is 0.217. The Hall–Kier alpha value is -2.38. The van der Waals surface area contributed by atoms with Crippen molar-refractivity contribution in [2.24, 2.45) is 10.7 Å². The van der Waals surface area contributed by atoms with Gasteiger partial charge in [-0.3, -0.25) is 9.78 Å². The fourth-order valence-corrected chi connectivity index (χ4v) is 3.68. The number of aromatic nitrogens is 1. The van der Waals surface area contributed by atoms with Gasteiger partial charge in [-0.1, -0.05) is 6.07 Å². The van der Waals surface area contributed by atoms with Gasteiger partial charge in [-0.15, -0.1) is 0 Å². The number of pyridine rings is 1. The molecule has 1 fully saturated rings. The van der Waals surface area contributed by atoms with Crippen molar-refractivity contribution in [2.45, 2.75) is 18.9 Å². The average Bonchev–Trinajstić information content (AvgIpc) is 2.93. The maximum atomic E-state index is 11.8. The minimum Gasteiger partial charge on any atom is -0.490 e. The van der Waals surface area contributed by atoms with E-state index in [-0.39, 0.29) is 17.2 Å². The van der Waals surface area contributed by atoms with E-state index in [0.29, 0.717) is 4.91 Å². The van der Waals surface area contributed by atoms with Gasteiger partial charge in [-0.25, -0.2) is 0 Å². The summed E-state index contributed by atoms with van der Waals surface area (Å²) in [4.78, 5) is 20.4. The number of amidine groups is 1. The number of aliphatic imine (C=N–C) groups is 1. The molecule has 2 aliphatic heterocycles. The molecule has 128 valence electrons. The van der Waals surface area contributed by atoms with Crippen LogP contribution in [0.1, 0.15) is 18.4 Å². The molecule has 1 amide bonds. The molecule has 0 radical (unpaired) electrons. The summed E-state index contributed by atoms with van der Waals surface area (Å²) in [7, 11) is 0. The number of nitrogens with one attached hydrogen (secondary N) is 1. The quantitative estimate of drug-likeness (QED) is 0.822. The van der Waals surface area contributed by atoms with E-state index in [2.05, 4.69) is 15.3 Å². The highest BCUT2D eigenvalue weighted by molar-refractivity contribution is 8.18. The maximum absolute atomic E-state index is 11.8. The lowest BCUT2D eigenvalue weighted by atomic mass is 10.1.